The van der Waals surface area contributed by atoms with Crippen LogP contribution in [0.15, 0.2) is 48.5 Å². The van der Waals surface area contributed by atoms with E-state index in [0.717, 1.165) is 49.5 Å². The summed E-state index contributed by atoms with van der Waals surface area (Å²) in [5.41, 5.74) is 8.27. The third-order valence-corrected chi connectivity index (χ3v) is 6.40. The van der Waals surface area contributed by atoms with Crippen LogP contribution in [0.1, 0.15) is 35.0 Å². The number of rotatable bonds is 7. The summed E-state index contributed by atoms with van der Waals surface area (Å²) in [5.74, 6) is -0.654. The Balaban J connectivity index is 1.41. The number of hydrogen-bond donors (Lipinski definition) is 3. The number of carbonyl (C=O) groups excluding carboxylic acids is 1. The second-order valence-electron chi connectivity index (χ2n) is 7.56. The molecule has 2 heterocycles. The molecule has 31 heavy (non-hydrogen) atoms. The lowest BCUT2D eigenvalue weighted by atomic mass is 10.0. The number of benzene rings is 2. The van der Waals surface area contributed by atoms with Gasteiger partial charge in [0.25, 0.3) is 0 Å². The molecule has 1 fully saturated rings. The van der Waals surface area contributed by atoms with Crippen LogP contribution < -0.4 is 21.3 Å². The minimum Gasteiger partial charge on any atom is -0.382 e. The monoisotopic (exact) mass is 439 g/mol. The SMILES string of the molecule is CCNC1CCN(c2ccc(Nc3nc(N)c(C(=O)c4cccc(F)c4)s3)cc2)CC1. The van der Waals surface area contributed by atoms with E-state index in [4.69, 9.17) is 5.73 Å². The van der Waals surface area contributed by atoms with Crippen LogP contribution in [0.25, 0.3) is 0 Å². The van der Waals surface area contributed by atoms with Crippen LogP contribution in [-0.2, 0) is 0 Å². The Labute approximate surface area is 185 Å². The van der Waals surface area contributed by atoms with Crippen LogP contribution >= 0.6 is 11.3 Å². The summed E-state index contributed by atoms with van der Waals surface area (Å²) in [4.78, 5) is 19.6. The summed E-state index contributed by atoms with van der Waals surface area (Å²) >= 11 is 1.16. The van der Waals surface area contributed by atoms with Crippen molar-refractivity contribution in [2.24, 2.45) is 0 Å². The highest BCUT2D eigenvalue weighted by molar-refractivity contribution is 7.18. The minimum absolute atomic E-state index is 0.141. The van der Waals surface area contributed by atoms with Crippen LogP contribution in [0.4, 0.5) is 26.7 Å². The molecule has 162 valence electrons. The number of halogens is 1. The first kappa shape index (κ1) is 21.3. The molecule has 0 unspecified atom stereocenters. The highest BCUT2D eigenvalue weighted by Crippen LogP contribution is 2.30. The molecule has 0 saturated carbocycles. The molecule has 0 bridgehead atoms. The molecule has 0 amide bonds. The minimum atomic E-state index is -0.460. The van der Waals surface area contributed by atoms with Gasteiger partial charge in [0.1, 0.15) is 16.5 Å². The zero-order valence-corrected chi connectivity index (χ0v) is 18.2. The Kier molecular flexibility index (Phi) is 6.48. The van der Waals surface area contributed by atoms with Crippen molar-refractivity contribution >= 4 is 39.4 Å². The van der Waals surface area contributed by atoms with Crippen molar-refractivity contribution in [1.82, 2.24) is 10.3 Å². The average Bonchev–Trinajstić information content (AvgIpc) is 3.14. The van der Waals surface area contributed by atoms with E-state index in [1.807, 2.05) is 12.1 Å². The summed E-state index contributed by atoms with van der Waals surface area (Å²) in [6.45, 7) is 5.24. The van der Waals surface area contributed by atoms with Crippen molar-refractivity contribution in [3.63, 3.8) is 0 Å². The number of thiazole rings is 1. The van der Waals surface area contributed by atoms with Gasteiger partial charge in [0.05, 0.1) is 0 Å². The Bertz CT molecular complexity index is 1040. The molecule has 1 aromatic heterocycles. The molecule has 2 aromatic carbocycles. The topological polar surface area (TPSA) is 83.3 Å². The number of nitrogens with two attached hydrogens (primary N) is 1. The zero-order valence-electron chi connectivity index (χ0n) is 17.4. The molecule has 0 spiro atoms. The lowest BCUT2D eigenvalue weighted by Gasteiger charge is -2.34. The molecule has 0 atom stereocenters. The lowest BCUT2D eigenvalue weighted by Crippen LogP contribution is -2.42. The zero-order chi connectivity index (χ0) is 21.8. The third-order valence-electron chi connectivity index (χ3n) is 5.42. The maximum atomic E-state index is 13.4. The number of nitrogen functional groups attached to an aromatic ring is 1. The maximum absolute atomic E-state index is 13.4. The molecule has 0 radical (unpaired) electrons. The van der Waals surface area contributed by atoms with Gasteiger partial charge in [-0.1, -0.05) is 30.4 Å². The number of nitrogens with one attached hydrogen (secondary N) is 2. The predicted molar refractivity (Wildman–Crippen MR) is 125 cm³/mol. The third kappa shape index (κ3) is 5.03. The number of anilines is 4. The lowest BCUT2D eigenvalue weighted by molar-refractivity contribution is 0.104. The standard InChI is InChI=1S/C23H26FN5OS/c1-2-26-17-10-12-29(13-11-17)19-8-6-18(7-9-19)27-23-28-22(25)21(31-23)20(30)15-4-3-5-16(24)14-15/h3-9,14,17,26H,2,10-13,25H2,1H3,(H,27,28). The van der Waals surface area contributed by atoms with Crippen molar-refractivity contribution < 1.29 is 9.18 Å². The highest BCUT2D eigenvalue weighted by Gasteiger charge is 2.20. The predicted octanol–water partition coefficient (Wildman–Crippen LogP) is 4.42. The molecule has 1 aliphatic heterocycles. The largest absolute Gasteiger partial charge is 0.382 e. The summed E-state index contributed by atoms with van der Waals surface area (Å²) in [5, 5.41) is 7.26. The van der Waals surface area contributed by atoms with Crippen molar-refractivity contribution in [2.75, 3.05) is 35.6 Å². The van der Waals surface area contributed by atoms with E-state index in [0.29, 0.717) is 16.1 Å². The van der Waals surface area contributed by atoms with Gasteiger partial charge in [-0.15, -0.1) is 0 Å². The Morgan fingerprint density at radius 3 is 2.65 bits per heavy atom. The fourth-order valence-corrected chi connectivity index (χ4v) is 4.69. The van der Waals surface area contributed by atoms with Crippen LogP contribution in [0.5, 0.6) is 0 Å². The van der Waals surface area contributed by atoms with E-state index in [2.05, 4.69) is 39.6 Å². The van der Waals surface area contributed by atoms with E-state index in [-0.39, 0.29) is 17.2 Å². The molecule has 3 aromatic rings. The number of hydrogen-bond acceptors (Lipinski definition) is 7. The molecule has 1 saturated heterocycles. The Morgan fingerprint density at radius 2 is 1.97 bits per heavy atom. The van der Waals surface area contributed by atoms with Gasteiger partial charge in [0.2, 0.25) is 5.78 Å². The van der Waals surface area contributed by atoms with Gasteiger partial charge < -0.3 is 21.3 Å². The molecule has 0 aliphatic carbocycles. The molecular formula is C23H26FN5OS. The van der Waals surface area contributed by atoms with Gasteiger partial charge in [0, 0.05) is 36.1 Å². The second kappa shape index (κ2) is 9.45. The van der Waals surface area contributed by atoms with E-state index < -0.39 is 5.82 Å². The molecule has 1 aliphatic rings. The van der Waals surface area contributed by atoms with Crippen molar-refractivity contribution in [3.05, 3.63) is 64.8 Å². The fourth-order valence-electron chi connectivity index (χ4n) is 3.82. The Hall–Kier alpha value is -2.97. The molecule has 6 nitrogen and oxygen atoms in total. The van der Waals surface area contributed by atoms with Gasteiger partial charge in [-0.2, -0.15) is 0 Å². The normalized spacial score (nSPS) is 14.6. The van der Waals surface area contributed by atoms with Crippen LogP contribution in [0.2, 0.25) is 0 Å². The summed E-state index contributed by atoms with van der Waals surface area (Å²) in [7, 11) is 0. The van der Waals surface area contributed by atoms with Gasteiger partial charge >= 0.3 is 0 Å². The average molecular weight is 440 g/mol. The van der Waals surface area contributed by atoms with Crippen LogP contribution in [0, 0.1) is 5.82 Å². The summed E-state index contributed by atoms with van der Waals surface area (Å²) < 4.78 is 13.4. The fraction of sp³-hybridized carbons (Fsp3) is 0.304. The number of carbonyl (C=O) groups is 1. The molecular weight excluding hydrogens is 413 g/mol. The van der Waals surface area contributed by atoms with E-state index in [9.17, 15) is 9.18 Å². The van der Waals surface area contributed by atoms with Crippen molar-refractivity contribution in [2.45, 2.75) is 25.8 Å². The summed E-state index contributed by atoms with van der Waals surface area (Å²) in [6.07, 6.45) is 2.29. The number of piperidine rings is 1. The quantitative estimate of drug-likeness (QED) is 0.473. The van der Waals surface area contributed by atoms with Crippen LogP contribution in [-0.4, -0.2) is 36.4 Å². The van der Waals surface area contributed by atoms with Crippen LogP contribution in [0.3, 0.4) is 0 Å². The van der Waals surface area contributed by atoms with E-state index >= 15 is 0 Å². The van der Waals surface area contributed by atoms with Crippen molar-refractivity contribution in [1.29, 1.82) is 0 Å². The first-order valence-corrected chi connectivity index (χ1v) is 11.3. The molecule has 4 N–H and O–H groups in total. The smallest absolute Gasteiger partial charge is 0.206 e. The maximum Gasteiger partial charge on any atom is 0.206 e. The first-order chi connectivity index (χ1) is 15.0. The van der Waals surface area contributed by atoms with E-state index in [1.165, 1.54) is 23.9 Å². The first-order valence-electron chi connectivity index (χ1n) is 10.5. The molecule has 8 heteroatoms. The summed E-state index contributed by atoms with van der Waals surface area (Å²) in [6, 6.07) is 14.4. The number of nitrogens with zero attached hydrogens (tertiary/aromatic N) is 2. The van der Waals surface area contributed by atoms with Gasteiger partial charge in [-0.25, -0.2) is 9.37 Å². The number of aromatic nitrogens is 1. The van der Waals surface area contributed by atoms with Gasteiger partial charge in [-0.3, -0.25) is 4.79 Å². The van der Waals surface area contributed by atoms with Gasteiger partial charge in [-0.05, 0) is 55.8 Å². The van der Waals surface area contributed by atoms with Gasteiger partial charge in [0.15, 0.2) is 5.13 Å². The number of ketones is 1. The van der Waals surface area contributed by atoms with Crippen molar-refractivity contribution in [3.8, 4) is 0 Å². The van der Waals surface area contributed by atoms with E-state index in [1.54, 1.807) is 6.07 Å². The second-order valence-corrected chi connectivity index (χ2v) is 8.56. The highest BCUT2D eigenvalue weighted by atomic mass is 32.1. The Morgan fingerprint density at radius 1 is 1.23 bits per heavy atom. The molecule has 4 rings (SSSR count).